The number of nitrogens with one attached hydrogen (secondary N) is 2. The summed E-state index contributed by atoms with van der Waals surface area (Å²) in [6.45, 7) is 0.352. The molecule has 2 amide bonds. The zero-order valence-corrected chi connectivity index (χ0v) is 14.1. The van der Waals surface area contributed by atoms with Gasteiger partial charge in [0.05, 0.1) is 18.7 Å². The van der Waals surface area contributed by atoms with E-state index in [0.717, 1.165) is 31.2 Å². The highest BCUT2D eigenvalue weighted by atomic mass is 16.3. The molecule has 0 saturated heterocycles. The number of nitrogens with zero attached hydrogens (tertiary/aromatic N) is 1. The first-order valence-corrected chi connectivity index (χ1v) is 8.55. The predicted molar refractivity (Wildman–Crippen MR) is 96.7 cm³/mol. The topological polar surface area (TPSA) is 83.4 Å². The van der Waals surface area contributed by atoms with Gasteiger partial charge in [-0.3, -0.25) is 4.79 Å². The second-order valence-corrected chi connectivity index (χ2v) is 6.57. The molecule has 25 heavy (non-hydrogen) atoms. The van der Waals surface area contributed by atoms with Crippen molar-refractivity contribution in [2.45, 2.75) is 37.8 Å². The van der Waals surface area contributed by atoms with E-state index in [-0.39, 0.29) is 17.9 Å². The van der Waals surface area contributed by atoms with E-state index in [4.69, 9.17) is 0 Å². The number of aromatic nitrogens is 1. The van der Waals surface area contributed by atoms with Crippen molar-refractivity contribution in [2.75, 3.05) is 11.9 Å². The lowest BCUT2D eigenvalue weighted by Crippen LogP contribution is -2.51. The maximum Gasteiger partial charge on any atom is 0.319 e. The molecule has 132 valence electrons. The van der Waals surface area contributed by atoms with Gasteiger partial charge < -0.3 is 20.3 Å². The van der Waals surface area contributed by atoms with Crippen molar-refractivity contribution in [1.82, 2.24) is 9.88 Å². The first kappa shape index (κ1) is 17.2. The van der Waals surface area contributed by atoms with Gasteiger partial charge in [0.15, 0.2) is 0 Å². The summed E-state index contributed by atoms with van der Waals surface area (Å²) in [6, 6.07) is 12.5. The van der Waals surface area contributed by atoms with Crippen LogP contribution in [0.5, 0.6) is 0 Å². The molecule has 0 bridgehead atoms. The van der Waals surface area contributed by atoms with Gasteiger partial charge in [0.25, 0.3) is 5.56 Å². The number of amides is 2. The molecular weight excluding hydrogens is 318 g/mol. The predicted octanol–water partition coefficient (Wildman–Crippen LogP) is 2.32. The lowest BCUT2D eigenvalue weighted by atomic mass is 9.99. The fraction of sp³-hybridized carbons (Fsp3) is 0.368. The average Bonchev–Trinajstić information content (AvgIpc) is 3.08. The van der Waals surface area contributed by atoms with Crippen LogP contribution in [0.1, 0.15) is 31.2 Å². The second kappa shape index (κ2) is 7.53. The summed E-state index contributed by atoms with van der Waals surface area (Å²) >= 11 is 0. The standard InChI is InChI=1S/C19H23N3O3/c23-14-19(10-4-5-11-19)21-18(25)20-16-9-6-12-22(17(16)24)13-15-7-2-1-3-8-15/h1-3,6-9,12,23H,4-5,10-11,13-14H2,(H2,20,21,25). The normalized spacial score (nSPS) is 15.7. The molecule has 3 N–H and O–H groups in total. The van der Waals surface area contributed by atoms with E-state index >= 15 is 0 Å². The van der Waals surface area contributed by atoms with Gasteiger partial charge in [-0.2, -0.15) is 0 Å². The van der Waals surface area contributed by atoms with E-state index in [1.165, 1.54) is 0 Å². The third-order valence-electron chi connectivity index (χ3n) is 4.71. The minimum Gasteiger partial charge on any atom is -0.394 e. The van der Waals surface area contributed by atoms with Crippen molar-refractivity contribution in [2.24, 2.45) is 0 Å². The molecule has 0 spiro atoms. The summed E-state index contributed by atoms with van der Waals surface area (Å²) in [5.74, 6) is 0. The minimum absolute atomic E-state index is 0.0898. The van der Waals surface area contributed by atoms with E-state index < -0.39 is 11.6 Å². The van der Waals surface area contributed by atoms with Gasteiger partial charge in [-0.15, -0.1) is 0 Å². The summed E-state index contributed by atoms with van der Waals surface area (Å²) in [4.78, 5) is 24.8. The fourth-order valence-electron chi connectivity index (χ4n) is 3.31. The van der Waals surface area contributed by atoms with E-state index in [0.29, 0.717) is 6.54 Å². The Morgan fingerprint density at radius 2 is 1.84 bits per heavy atom. The summed E-state index contributed by atoms with van der Waals surface area (Å²) in [7, 11) is 0. The number of aliphatic hydroxyl groups excluding tert-OH is 1. The number of rotatable bonds is 5. The Balaban J connectivity index is 1.71. The molecule has 1 aromatic heterocycles. The SMILES string of the molecule is O=C(Nc1cccn(Cc2ccccc2)c1=O)NC1(CO)CCCC1. The lowest BCUT2D eigenvalue weighted by molar-refractivity contribution is 0.167. The molecule has 1 heterocycles. The number of urea groups is 1. The number of hydrogen-bond donors (Lipinski definition) is 3. The number of anilines is 1. The number of aliphatic hydroxyl groups is 1. The molecule has 0 unspecified atom stereocenters. The van der Waals surface area contributed by atoms with Crippen LogP contribution in [0.4, 0.5) is 10.5 Å². The van der Waals surface area contributed by atoms with Gasteiger partial charge in [0, 0.05) is 6.20 Å². The largest absolute Gasteiger partial charge is 0.394 e. The highest BCUT2D eigenvalue weighted by molar-refractivity contribution is 5.89. The first-order valence-electron chi connectivity index (χ1n) is 8.55. The van der Waals surface area contributed by atoms with Crippen LogP contribution in [0.2, 0.25) is 0 Å². The average molecular weight is 341 g/mol. The molecule has 1 aromatic carbocycles. The number of pyridine rings is 1. The van der Waals surface area contributed by atoms with E-state index in [9.17, 15) is 14.7 Å². The van der Waals surface area contributed by atoms with E-state index in [1.807, 2.05) is 30.3 Å². The van der Waals surface area contributed by atoms with Crippen LogP contribution < -0.4 is 16.2 Å². The van der Waals surface area contributed by atoms with Crippen LogP contribution in [0.25, 0.3) is 0 Å². The molecule has 6 heteroatoms. The zero-order valence-electron chi connectivity index (χ0n) is 14.1. The number of hydrogen-bond acceptors (Lipinski definition) is 3. The maximum absolute atomic E-state index is 12.6. The first-order chi connectivity index (χ1) is 12.1. The Labute approximate surface area is 146 Å². The van der Waals surface area contributed by atoms with Crippen molar-refractivity contribution < 1.29 is 9.90 Å². The smallest absolute Gasteiger partial charge is 0.319 e. The van der Waals surface area contributed by atoms with Crippen molar-refractivity contribution in [3.63, 3.8) is 0 Å². The van der Waals surface area contributed by atoms with Crippen molar-refractivity contribution in [3.8, 4) is 0 Å². The van der Waals surface area contributed by atoms with Crippen LogP contribution in [0.15, 0.2) is 53.5 Å². The Morgan fingerprint density at radius 3 is 2.52 bits per heavy atom. The second-order valence-electron chi connectivity index (χ2n) is 6.57. The third kappa shape index (κ3) is 4.09. The number of benzene rings is 1. The Kier molecular flexibility index (Phi) is 5.19. The summed E-state index contributed by atoms with van der Waals surface area (Å²) in [5.41, 5.74) is 0.409. The molecule has 1 aliphatic rings. The van der Waals surface area contributed by atoms with Gasteiger partial charge in [-0.1, -0.05) is 43.2 Å². The molecule has 0 radical (unpaired) electrons. The fourth-order valence-corrected chi connectivity index (χ4v) is 3.31. The molecule has 1 saturated carbocycles. The van der Waals surface area contributed by atoms with E-state index in [1.54, 1.807) is 22.9 Å². The van der Waals surface area contributed by atoms with Gasteiger partial charge in [0.1, 0.15) is 5.69 Å². The molecule has 3 rings (SSSR count). The minimum atomic E-state index is -0.568. The quantitative estimate of drug-likeness (QED) is 0.780. The van der Waals surface area contributed by atoms with Gasteiger partial charge in [-0.25, -0.2) is 4.79 Å². The van der Waals surface area contributed by atoms with Crippen molar-refractivity contribution in [1.29, 1.82) is 0 Å². The van der Waals surface area contributed by atoms with Crippen LogP contribution in [-0.2, 0) is 6.54 Å². The van der Waals surface area contributed by atoms with Crippen molar-refractivity contribution >= 4 is 11.7 Å². The molecule has 2 aromatic rings. The van der Waals surface area contributed by atoms with Crippen LogP contribution in [0, 0.1) is 0 Å². The molecule has 0 atom stereocenters. The van der Waals surface area contributed by atoms with Crippen LogP contribution >= 0.6 is 0 Å². The molecular formula is C19H23N3O3. The number of carbonyl (C=O) groups is 1. The van der Waals surface area contributed by atoms with Gasteiger partial charge in [-0.05, 0) is 30.5 Å². The molecule has 1 fully saturated rings. The maximum atomic E-state index is 12.6. The Bertz CT molecular complexity index is 780. The highest BCUT2D eigenvalue weighted by Gasteiger charge is 2.34. The van der Waals surface area contributed by atoms with Crippen molar-refractivity contribution in [3.05, 3.63) is 64.6 Å². The monoisotopic (exact) mass is 341 g/mol. The summed E-state index contributed by atoms with van der Waals surface area (Å²) in [5, 5.41) is 15.1. The highest BCUT2D eigenvalue weighted by Crippen LogP contribution is 2.29. The molecule has 0 aliphatic heterocycles. The Hall–Kier alpha value is -2.60. The zero-order chi connectivity index (χ0) is 17.7. The molecule has 6 nitrogen and oxygen atoms in total. The number of carbonyl (C=O) groups excluding carboxylic acids is 1. The summed E-state index contributed by atoms with van der Waals surface area (Å²) in [6.07, 6.45) is 5.17. The van der Waals surface area contributed by atoms with E-state index in [2.05, 4.69) is 10.6 Å². The lowest BCUT2D eigenvalue weighted by Gasteiger charge is -2.27. The Morgan fingerprint density at radius 1 is 1.12 bits per heavy atom. The van der Waals surface area contributed by atoms with Gasteiger partial charge >= 0.3 is 6.03 Å². The van der Waals surface area contributed by atoms with Gasteiger partial charge in [0.2, 0.25) is 0 Å². The molecule has 1 aliphatic carbocycles. The van der Waals surface area contributed by atoms with Crippen LogP contribution in [-0.4, -0.2) is 27.9 Å². The van der Waals surface area contributed by atoms with Crippen LogP contribution in [0.3, 0.4) is 0 Å². The summed E-state index contributed by atoms with van der Waals surface area (Å²) < 4.78 is 1.56. The third-order valence-corrected chi connectivity index (χ3v) is 4.71.